The highest BCUT2D eigenvalue weighted by molar-refractivity contribution is 8.00. The maximum absolute atomic E-state index is 12.3. The number of carbonyl (C=O) groups is 1. The van der Waals surface area contributed by atoms with E-state index in [0.717, 1.165) is 6.54 Å². The van der Waals surface area contributed by atoms with Crippen LogP contribution in [0.3, 0.4) is 0 Å². The minimum absolute atomic E-state index is 0.0273. The number of tetrazole rings is 1. The molecule has 0 aliphatic carbocycles. The van der Waals surface area contributed by atoms with Crippen LogP contribution in [0, 0.1) is 10.1 Å². The monoisotopic (exact) mass is 365 g/mol. The first-order valence-electron chi connectivity index (χ1n) is 7.49. The summed E-state index contributed by atoms with van der Waals surface area (Å²) in [6.45, 7) is 3.15. The van der Waals surface area contributed by atoms with Crippen molar-refractivity contribution in [3.8, 4) is 0 Å². The molecule has 1 amide bonds. The summed E-state index contributed by atoms with van der Waals surface area (Å²) in [7, 11) is 3.91. The van der Waals surface area contributed by atoms with E-state index in [9.17, 15) is 14.9 Å². The second-order valence-corrected chi connectivity index (χ2v) is 6.85. The van der Waals surface area contributed by atoms with E-state index in [4.69, 9.17) is 0 Å². The molecule has 1 N–H and O–H groups in total. The van der Waals surface area contributed by atoms with Gasteiger partial charge in [-0.2, -0.15) is 0 Å². The largest absolute Gasteiger partial charge is 0.325 e. The molecule has 1 heterocycles. The molecule has 10 nitrogen and oxygen atoms in total. The number of nitro benzene ring substituents is 1. The first-order chi connectivity index (χ1) is 11.9. The molecule has 11 heteroatoms. The summed E-state index contributed by atoms with van der Waals surface area (Å²) in [5, 5.41) is 25.0. The molecule has 2 rings (SSSR count). The van der Waals surface area contributed by atoms with Crippen molar-refractivity contribution in [2.45, 2.75) is 23.9 Å². The van der Waals surface area contributed by atoms with E-state index in [2.05, 4.69) is 20.8 Å². The molecule has 1 unspecified atom stereocenters. The van der Waals surface area contributed by atoms with Gasteiger partial charge in [-0.1, -0.05) is 11.8 Å². The third kappa shape index (κ3) is 5.50. The Bertz CT molecular complexity index is 732. The highest BCUT2D eigenvalue weighted by Gasteiger charge is 2.19. The van der Waals surface area contributed by atoms with Crippen molar-refractivity contribution in [3.05, 3.63) is 34.4 Å². The molecular formula is C14H19N7O3S. The van der Waals surface area contributed by atoms with Crippen LogP contribution in [0.15, 0.2) is 29.4 Å². The Morgan fingerprint density at radius 3 is 2.68 bits per heavy atom. The number of non-ortho nitro benzene ring substituents is 1. The van der Waals surface area contributed by atoms with Gasteiger partial charge in [0.2, 0.25) is 11.1 Å². The molecule has 0 saturated carbocycles. The third-order valence-electron chi connectivity index (χ3n) is 3.26. The summed E-state index contributed by atoms with van der Waals surface area (Å²) in [6.07, 6.45) is 0. The molecule has 0 fully saturated rings. The number of aromatic nitrogens is 4. The molecule has 0 radical (unpaired) electrons. The number of benzene rings is 1. The molecule has 0 saturated heterocycles. The lowest BCUT2D eigenvalue weighted by atomic mass is 10.3. The van der Waals surface area contributed by atoms with E-state index in [1.165, 1.54) is 36.0 Å². The number of hydrogen-bond acceptors (Lipinski definition) is 8. The topological polar surface area (TPSA) is 119 Å². The second kappa shape index (κ2) is 8.53. The predicted molar refractivity (Wildman–Crippen MR) is 93.4 cm³/mol. The van der Waals surface area contributed by atoms with E-state index in [1.54, 1.807) is 11.6 Å². The molecule has 1 aromatic carbocycles. The molecule has 1 atom stereocenters. The zero-order valence-electron chi connectivity index (χ0n) is 14.1. The average Bonchev–Trinajstić information content (AvgIpc) is 3.00. The minimum atomic E-state index is -0.488. The van der Waals surface area contributed by atoms with Crippen LogP contribution in [0.1, 0.15) is 6.92 Å². The summed E-state index contributed by atoms with van der Waals surface area (Å²) < 4.78 is 1.65. The van der Waals surface area contributed by atoms with E-state index in [-0.39, 0.29) is 11.6 Å². The van der Waals surface area contributed by atoms with Gasteiger partial charge in [0.15, 0.2) is 0 Å². The molecule has 0 bridgehead atoms. The Morgan fingerprint density at radius 2 is 2.08 bits per heavy atom. The number of thioether (sulfide) groups is 1. The maximum Gasteiger partial charge on any atom is 0.269 e. The van der Waals surface area contributed by atoms with Crippen LogP contribution >= 0.6 is 11.8 Å². The Labute approximate surface area is 148 Å². The summed E-state index contributed by atoms with van der Waals surface area (Å²) in [4.78, 5) is 24.4. The van der Waals surface area contributed by atoms with Crippen molar-refractivity contribution < 1.29 is 9.72 Å². The van der Waals surface area contributed by atoms with Crippen LogP contribution in [0.2, 0.25) is 0 Å². The van der Waals surface area contributed by atoms with Crippen LogP contribution in [0.4, 0.5) is 11.4 Å². The van der Waals surface area contributed by atoms with E-state index in [1.807, 2.05) is 19.0 Å². The maximum atomic E-state index is 12.3. The molecular weight excluding hydrogens is 346 g/mol. The molecule has 2 aromatic rings. The smallest absolute Gasteiger partial charge is 0.269 e. The van der Waals surface area contributed by atoms with E-state index in [0.29, 0.717) is 17.4 Å². The number of amides is 1. The molecule has 0 aliphatic heterocycles. The molecule has 0 spiro atoms. The van der Waals surface area contributed by atoms with Gasteiger partial charge in [-0.05, 0) is 43.6 Å². The fraction of sp³-hybridized carbons (Fsp3) is 0.429. The van der Waals surface area contributed by atoms with Gasteiger partial charge >= 0.3 is 0 Å². The standard InChI is InChI=1S/C14H19N7O3S/c1-10(25-14-16-17-18-20(14)9-8-19(2)3)13(22)15-11-4-6-12(7-5-11)21(23)24/h4-7,10H,8-9H2,1-3H3,(H,15,22). The Morgan fingerprint density at radius 1 is 1.40 bits per heavy atom. The Hall–Kier alpha value is -2.53. The quantitative estimate of drug-likeness (QED) is 0.422. The first kappa shape index (κ1) is 18.8. The lowest BCUT2D eigenvalue weighted by Crippen LogP contribution is -2.24. The minimum Gasteiger partial charge on any atom is -0.325 e. The van der Waals surface area contributed by atoms with Crippen molar-refractivity contribution in [1.82, 2.24) is 25.1 Å². The molecule has 25 heavy (non-hydrogen) atoms. The lowest BCUT2D eigenvalue weighted by molar-refractivity contribution is -0.384. The van der Waals surface area contributed by atoms with Crippen molar-refractivity contribution in [2.75, 3.05) is 26.0 Å². The summed E-state index contributed by atoms with van der Waals surface area (Å²) in [5.41, 5.74) is 0.468. The van der Waals surface area contributed by atoms with E-state index >= 15 is 0 Å². The van der Waals surface area contributed by atoms with Gasteiger partial charge in [-0.25, -0.2) is 4.68 Å². The van der Waals surface area contributed by atoms with E-state index < -0.39 is 10.2 Å². The molecule has 0 aliphatic rings. The van der Waals surface area contributed by atoms with Gasteiger partial charge in [-0.15, -0.1) is 5.10 Å². The van der Waals surface area contributed by atoms with Crippen LogP contribution in [0.25, 0.3) is 0 Å². The van der Waals surface area contributed by atoms with Crippen molar-refractivity contribution in [2.24, 2.45) is 0 Å². The fourth-order valence-electron chi connectivity index (χ4n) is 1.84. The second-order valence-electron chi connectivity index (χ2n) is 5.54. The number of nitro groups is 1. The number of nitrogens with one attached hydrogen (secondary N) is 1. The number of carbonyl (C=O) groups excluding carboxylic acids is 1. The zero-order chi connectivity index (χ0) is 18.4. The van der Waals surface area contributed by atoms with Gasteiger partial charge in [0.25, 0.3) is 5.69 Å². The van der Waals surface area contributed by atoms with Gasteiger partial charge in [0.05, 0.1) is 16.7 Å². The third-order valence-corrected chi connectivity index (χ3v) is 4.33. The lowest BCUT2D eigenvalue weighted by Gasteiger charge is -2.13. The molecule has 134 valence electrons. The van der Waals surface area contributed by atoms with Gasteiger partial charge in [0, 0.05) is 24.4 Å². The summed E-state index contributed by atoms with van der Waals surface area (Å²) in [5.74, 6) is -0.235. The van der Waals surface area contributed by atoms with Crippen molar-refractivity contribution in [3.63, 3.8) is 0 Å². The van der Waals surface area contributed by atoms with Crippen LogP contribution in [-0.4, -0.2) is 61.8 Å². The summed E-state index contributed by atoms with van der Waals surface area (Å²) in [6, 6.07) is 5.67. The highest BCUT2D eigenvalue weighted by Crippen LogP contribution is 2.22. The van der Waals surface area contributed by atoms with Crippen LogP contribution < -0.4 is 5.32 Å². The predicted octanol–water partition coefficient (Wildman–Crippen LogP) is 1.26. The van der Waals surface area contributed by atoms with Crippen LogP contribution in [-0.2, 0) is 11.3 Å². The number of nitrogens with zero attached hydrogens (tertiary/aromatic N) is 6. The number of likely N-dealkylation sites (N-methyl/N-ethyl adjacent to an activating group) is 1. The Balaban J connectivity index is 1.94. The average molecular weight is 365 g/mol. The number of hydrogen-bond donors (Lipinski definition) is 1. The normalized spacial score (nSPS) is 12.2. The van der Waals surface area contributed by atoms with Crippen molar-refractivity contribution >= 4 is 29.0 Å². The zero-order valence-corrected chi connectivity index (χ0v) is 14.9. The summed E-state index contributed by atoms with van der Waals surface area (Å²) >= 11 is 1.25. The number of rotatable bonds is 8. The van der Waals surface area contributed by atoms with Gasteiger partial charge in [-0.3, -0.25) is 14.9 Å². The van der Waals surface area contributed by atoms with Gasteiger partial charge < -0.3 is 10.2 Å². The first-order valence-corrected chi connectivity index (χ1v) is 8.37. The number of anilines is 1. The SMILES string of the molecule is CC(Sc1nnnn1CCN(C)C)C(=O)Nc1ccc([N+](=O)[O-])cc1. The highest BCUT2D eigenvalue weighted by atomic mass is 32.2. The van der Waals surface area contributed by atoms with Crippen LogP contribution in [0.5, 0.6) is 0 Å². The van der Waals surface area contributed by atoms with Gasteiger partial charge in [0.1, 0.15) is 0 Å². The Kier molecular flexibility index (Phi) is 6.42. The fourth-order valence-corrected chi connectivity index (χ4v) is 2.65. The van der Waals surface area contributed by atoms with Crippen molar-refractivity contribution in [1.29, 1.82) is 0 Å². The molecule has 1 aromatic heterocycles.